The van der Waals surface area contributed by atoms with Crippen molar-refractivity contribution in [2.24, 2.45) is 0 Å². The molecule has 2 aromatic heterocycles. The number of aryl methyl sites for hydroxylation is 1. The number of pyridine rings is 1. The van der Waals surface area contributed by atoms with Crippen LogP contribution in [0.25, 0.3) is 0 Å². The zero-order valence-corrected chi connectivity index (χ0v) is 12.8. The molecule has 8 heteroatoms. The van der Waals surface area contributed by atoms with E-state index in [1.54, 1.807) is 24.5 Å². The molecule has 120 valence electrons. The number of nitrogens with one attached hydrogen (secondary N) is 2. The van der Waals surface area contributed by atoms with E-state index in [4.69, 9.17) is 0 Å². The lowest BCUT2D eigenvalue weighted by atomic mass is 10.2. The van der Waals surface area contributed by atoms with E-state index in [2.05, 4.69) is 25.6 Å². The Labute approximate surface area is 137 Å². The van der Waals surface area contributed by atoms with Gasteiger partial charge in [0.05, 0.1) is 16.8 Å². The zero-order chi connectivity index (χ0) is 16.9. The predicted molar refractivity (Wildman–Crippen MR) is 90.7 cm³/mol. The lowest BCUT2D eigenvalue weighted by molar-refractivity contribution is -0.383. The molecule has 2 heterocycles. The van der Waals surface area contributed by atoms with Crippen LogP contribution < -0.4 is 10.6 Å². The maximum absolute atomic E-state index is 11.5. The van der Waals surface area contributed by atoms with Gasteiger partial charge < -0.3 is 10.6 Å². The van der Waals surface area contributed by atoms with Crippen LogP contribution in [0, 0.1) is 17.0 Å². The SMILES string of the molecule is Cc1ccccc1Nc1ncnc(Nc2cccnc2)c1[N+](=O)[O-]. The van der Waals surface area contributed by atoms with E-state index in [1.165, 1.54) is 6.33 Å². The van der Waals surface area contributed by atoms with E-state index in [0.717, 1.165) is 11.3 Å². The van der Waals surface area contributed by atoms with Crippen molar-refractivity contribution < 1.29 is 4.92 Å². The lowest BCUT2D eigenvalue weighted by Crippen LogP contribution is -2.06. The molecule has 3 aromatic rings. The number of nitro groups is 1. The third-order valence-corrected chi connectivity index (χ3v) is 3.33. The van der Waals surface area contributed by atoms with Crippen molar-refractivity contribution >= 4 is 28.7 Å². The highest BCUT2D eigenvalue weighted by atomic mass is 16.6. The number of rotatable bonds is 5. The first-order valence-corrected chi connectivity index (χ1v) is 7.14. The molecule has 0 fully saturated rings. The number of anilines is 4. The first kappa shape index (κ1) is 15.3. The first-order chi connectivity index (χ1) is 11.6. The van der Waals surface area contributed by atoms with Crippen molar-refractivity contribution in [1.29, 1.82) is 0 Å². The zero-order valence-electron chi connectivity index (χ0n) is 12.8. The highest BCUT2D eigenvalue weighted by molar-refractivity contribution is 5.77. The second-order valence-corrected chi connectivity index (χ2v) is 4.98. The normalized spacial score (nSPS) is 10.2. The van der Waals surface area contributed by atoms with Gasteiger partial charge in [0.15, 0.2) is 0 Å². The second kappa shape index (κ2) is 6.69. The smallest absolute Gasteiger partial charge is 0.334 e. The fourth-order valence-corrected chi connectivity index (χ4v) is 2.15. The van der Waals surface area contributed by atoms with E-state index < -0.39 is 4.92 Å². The minimum absolute atomic E-state index is 0.0964. The Bertz CT molecular complexity index is 869. The van der Waals surface area contributed by atoms with Crippen LogP contribution in [-0.2, 0) is 0 Å². The number of para-hydroxylation sites is 1. The van der Waals surface area contributed by atoms with Gasteiger partial charge in [-0.15, -0.1) is 0 Å². The minimum Gasteiger partial charge on any atom is -0.334 e. The summed E-state index contributed by atoms with van der Waals surface area (Å²) in [4.78, 5) is 23.0. The summed E-state index contributed by atoms with van der Waals surface area (Å²) in [6, 6.07) is 10.9. The Balaban J connectivity index is 1.99. The van der Waals surface area contributed by atoms with Crippen LogP contribution in [0.1, 0.15) is 5.56 Å². The van der Waals surface area contributed by atoms with Gasteiger partial charge in [0.25, 0.3) is 0 Å². The van der Waals surface area contributed by atoms with E-state index in [1.807, 2.05) is 31.2 Å². The van der Waals surface area contributed by atoms with Gasteiger partial charge in [0, 0.05) is 11.9 Å². The molecule has 0 aliphatic heterocycles. The molecule has 0 aliphatic rings. The second-order valence-electron chi connectivity index (χ2n) is 4.98. The molecule has 0 saturated heterocycles. The maximum atomic E-state index is 11.5. The molecule has 0 amide bonds. The number of nitrogens with zero attached hydrogens (tertiary/aromatic N) is 4. The van der Waals surface area contributed by atoms with Gasteiger partial charge in [-0.05, 0) is 30.7 Å². The molecule has 2 N–H and O–H groups in total. The molecule has 0 radical (unpaired) electrons. The average molecular weight is 322 g/mol. The Morgan fingerprint density at radius 3 is 2.46 bits per heavy atom. The lowest BCUT2D eigenvalue weighted by Gasteiger charge is -2.11. The Morgan fingerprint density at radius 1 is 1.04 bits per heavy atom. The van der Waals surface area contributed by atoms with Crippen molar-refractivity contribution in [3.05, 3.63) is 70.8 Å². The monoisotopic (exact) mass is 322 g/mol. The summed E-state index contributed by atoms with van der Waals surface area (Å²) >= 11 is 0. The van der Waals surface area contributed by atoms with Crippen molar-refractivity contribution in [3.8, 4) is 0 Å². The van der Waals surface area contributed by atoms with Crippen LogP contribution in [0.15, 0.2) is 55.1 Å². The molecule has 8 nitrogen and oxygen atoms in total. The molecule has 0 unspecified atom stereocenters. The van der Waals surface area contributed by atoms with Gasteiger partial charge in [-0.1, -0.05) is 18.2 Å². The first-order valence-electron chi connectivity index (χ1n) is 7.14. The number of benzene rings is 1. The van der Waals surface area contributed by atoms with Crippen LogP contribution in [0.3, 0.4) is 0 Å². The van der Waals surface area contributed by atoms with Crippen LogP contribution in [-0.4, -0.2) is 19.9 Å². The van der Waals surface area contributed by atoms with Crippen LogP contribution in [0.2, 0.25) is 0 Å². The number of aromatic nitrogens is 3. The highest BCUT2D eigenvalue weighted by Crippen LogP contribution is 2.33. The quantitative estimate of drug-likeness (QED) is 0.546. The molecule has 1 aromatic carbocycles. The summed E-state index contributed by atoms with van der Waals surface area (Å²) in [5.74, 6) is 0.217. The van der Waals surface area contributed by atoms with E-state index in [-0.39, 0.29) is 17.3 Å². The van der Waals surface area contributed by atoms with Crippen molar-refractivity contribution in [2.45, 2.75) is 6.92 Å². The van der Waals surface area contributed by atoms with E-state index >= 15 is 0 Å². The van der Waals surface area contributed by atoms with Gasteiger partial charge in [-0.3, -0.25) is 15.1 Å². The molecule has 0 saturated carbocycles. The third kappa shape index (κ3) is 3.27. The Morgan fingerprint density at radius 2 is 1.79 bits per heavy atom. The van der Waals surface area contributed by atoms with Gasteiger partial charge in [-0.25, -0.2) is 9.97 Å². The molecule has 24 heavy (non-hydrogen) atoms. The Hall–Kier alpha value is -3.55. The molecule has 0 aliphatic carbocycles. The standard InChI is InChI=1S/C16H14N6O2/c1-11-5-2-3-7-13(11)21-16-14(22(23)24)15(18-10-19-16)20-12-6-4-8-17-9-12/h2-10H,1H3,(H2,18,19,20,21). The average Bonchev–Trinajstić information content (AvgIpc) is 2.58. The minimum atomic E-state index is -0.515. The van der Waals surface area contributed by atoms with Crippen molar-refractivity contribution in [3.63, 3.8) is 0 Å². The van der Waals surface area contributed by atoms with Gasteiger partial charge >= 0.3 is 5.69 Å². The molecule has 0 spiro atoms. The number of hydrogen-bond acceptors (Lipinski definition) is 7. The van der Waals surface area contributed by atoms with Gasteiger partial charge in [0.1, 0.15) is 6.33 Å². The summed E-state index contributed by atoms with van der Waals surface area (Å²) in [7, 11) is 0. The molecule has 0 atom stereocenters. The van der Waals surface area contributed by atoms with Crippen molar-refractivity contribution in [2.75, 3.05) is 10.6 Å². The van der Waals surface area contributed by atoms with Crippen LogP contribution in [0.4, 0.5) is 28.7 Å². The fourth-order valence-electron chi connectivity index (χ4n) is 2.15. The number of hydrogen-bond donors (Lipinski definition) is 2. The topological polar surface area (TPSA) is 106 Å². The predicted octanol–water partition coefficient (Wildman–Crippen LogP) is 3.58. The largest absolute Gasteiger partial charge is 0.353 e. The van der Waals surface area contributed by atoms with Crippen molar-refractivity contribution in [1.82, 2.24) is 15.0 Å². The fraction of sp³-hybridized carbons (Fsp3) is 0.0625. The molecule has 3 rings (SSSR count). The summed E-state index contributed by atoms with van der Waals surface area (Å²) < 4.78 is 0. The molecular formula is C16H14N6O2. The van der Waals surface area contributed by atoms with E-state index in [0.29, 0.717) is 5.69 Å². The van der Waals surface area contributed by atoms with E-state index in [9.17, 15) is 10.1 Å². The maximum Gasteiger partial charge on any atom is 0.353 e. The van der Waals surface area contributed by atoms with Gasteiger partial charge in [0.2, 0.25) is 11.6 Å². The molecule has 0 bridgehead atoms. The summed E-state index contributed by atoms with van der Waals surface area (Å²) in [6.45, 7) is 1.91. The van der Waals surface area contributed by atoms with Gasteiger partial charge in [-0.2, -0.15) is 0 Å². The Kier molecular flexibility index (Phi) is 4.28. The van der Waals surface area contributed by atoms with Crippen LogP contribution >= 0.6 is 0 Å². The summed E-state index contributed by atoms with van der Waals surface area (Å²) in [6.07, 6.45) is 4.44. The third-order valence-electron chi connectivity index (χ3n) is 3.33. The molecular weight excluding hydrogens is 308 g/mol. The van der Waals surface area contributed by atoms with Crippen LogP contribution in [0.5, 0.6) is 0 Å². The summed E-state index contributed by atoms with van der Waals surface area (Å²) in [5.41, 5.74) is 2.06. The summed E-state index contributed by atoms with van der Waals surface area (Å²) in [5, 5.41) is 17.4. The highest BCUT2D eigenvalue weighted by Gasteiger charge is 2.23.